The number of fused-ring (bicyclic) bond motifs is 1. The predicted molar refractivity (Wildman–Crippen MR) is 47.7 cm³/mol. The van der Waals surface area contributed by atoms with Crippen molar-refractivity contribution in [1.29, 1.82) is 0 Å². The molecule has 0 radical (unpaired) electrons. The predicted octanol–water partition coefficient (Wildman–Crippen LogP) is 2.35. The summed E-state index contributed by atoms with van der Waals surface area (Å²) >= 11 is 1.56. The van der Waals surface area contributed by atoms with Gasteiger partial charge >= 0.3 is 0 Å². The zero-order valence-corrected chi connectivity index (χ0v) is 6.02. The Bertz CT molecular complexity index is 301. The highest BCUT2D eigenvalue weighted by Crippen LogP contribution is 2.29. The van der Waals surface area contributed by atoms with Gasteiger partial charge in [0.25, 0.3) is 0 Å². The van der Waals surface area contributed by atoms with E-state index in [1.807, 2.05) is 0 Å². The summed E-state index contributed by atoms with van der Waals surface area (Å²) in [6, 6.07) is 1.78. The highest BCUT2D eigenvalue weighted by atomic mass is 32.2. The Balaban J connectivity index is -0.000000248. The fourth-order valence-electron chi connectivity index (χ4n) is 0.946. The second-order valence-electron chi connectivity index (χ2n) is 2.08. The van der Waals surface area contributed by atoms with Gasteiger partial charge in [-0.1, -0.05) is 0 Å². The molecule has 0 saturated heterocycles. The lowest BCUT2D eigenvalue weighted by Gasteiger charge is -1.90. The molecule has 1 aliphatic rings. The minimum absolute atomic E-state index is 0. The third-order valence-corrected chi connectivity index (χ3v) is 2.49. The Morgan fingerprint density at radius 2 is 2.70 bits per heavy atom. The molecule has 0 aliphatic carbocycles. The molecule has 0 aromatic carbocycles. The number of thioether (sulfide) groups is 1. The second-order valence-corrected chi connectivity index (χ2v) is 3.10. The lowest BCUT2D eigenvalue weighted by atomic mass is 10.2. The maximum atomic E-state index is 11.0. The van der Waals surface area contributed by atoms with Crippen LogP contribution in [0.1, 0.15) is 20.7 Å². The summed E-state index contributed by atoms with van der Waals surface area (Å²) in [6.45, 7) is 0. The van der Waals surface area contributed by atoms with E-state index in [4.69, 9.17) is 8.91 Å². The normalized spacial score (nSPS) is 17.8. The largest absolute Gasteiger partial charge is 0.293 e. The average Bonchev–Trinajstić information content (AvgIpc) is 2.79. The number of carbonyl (C=O) groups excluding carboxylic acids is 1. The zero-order chi connectivity index (χ0) is 13.0. The van der Waals surface area contributed by atoms with Crippen LogP contribution >= 0.6 is 11.8 Å². The summed E-state index contributed by atoms with van der Waals surface area (Å²) < 4.78 is 30.0. The van der Waals surface area contributed by atoms with Crippen LogP contribution in [0.2, 0.25) is 0 Å². The number of aromatic nitrogens is 1. The SMILES string of the molecule is O=C1CSc2cnccc21.[2HH].[2H][2H].[2H][2H].[2H][2H]. The molecule has 0 bridgehead atoms. The van der Waals surface area contributed by atoms with Crippen LogP contribution in [0.25, 0.3) is 0 Å². The number of Topliss-reactive ketones (excluding diaryl/α,β-unsaturated/α-hetero) is 1. The maximum Gasteiger partial charge on any atom is 0.174 e. The van der Waals surface area contributed by atoms with E-state index in [-0.39, 0.29) is 7.21 Å². The number of hydrogen-bond acceptors (Lipinski definition) is 3. The van der Waals surface area contributed by atoms with Crippen LogP contribution in [0, 0.1) is 0 Å². The molecule has 2 rings (SSSR count). The van der Waals surface area contributed by atoms with Crippen molar-refractivity contribution in [2.45, 2.75) is 4.90 Å². The fourth-order valence-corrected chi connectivity index (χ4v) is 1.86. The van der Waals surface area contributed by atoms with E-state index in [1.54, 1.807) is 30.2 Å². The molecule has 0 N–H and O–H groups in total. The van der Waals surface area contributed by atoms with Crippen molar-refractivity contribution in [3.05, 3.63) is 24.0 Å². The molecule has 1 aliphatic heterocycles. The molecule has 2 nitrogen and oxygen atoms in total. The van der Waals surface area contributed by atoms with Crippen molar-refractivity contribution in [1.82, 2.24) is 4.98 Å². The molecular formula is C7H13NOS. The maximum absolute atomic E-state index is 11.0. The summed E-state index contributed by atoms with van der Waals surface area (Å²) in [5.41, 5.74) is 0.833. The van der Waals surface area contributed by atoms with E-state index >= 15 is 0 Å². The molecule has 2 heterocycles. The van der Waals surface area contributed by atoms with Crippen LogP contribution in [-0.2, 0) is 0 Å². The van der Waals surface area contributed by atoms with Crippen LogP contribution in [0.15, 0.2) is 23.4 Å². The first-order valence-corrected chi connectivity index (χ1v) is 3.96. The van der Waals surface area contributed by atoms with Gasteiger partial charge in [-0.3, -0.25) is 9.78 Å². The third kappa shape index (κ3) is 0.743. The van der Waals surface area contributed by atoms with E-state index in [0.29, 0.717) is 5.75 Å². The minimum Gasteiger partial charge on any atom is -0.293 e. The topological polar surface area (TPSA) is 30.0 Å². The molecule has 0 saturated carbocycles. The van der Waals surface area contributed by atoms with Crippen molar-refractivity contribution < 1.29 is 15.1 Å². The van der Waals surface area contributed by atoms with Crippen LogP contribution < -0.4 is 0 Å². The van der Waals surface area contributed by atoms with Gasteiger partial charge in [0, 0.05) is 33.2 Å². The first-order valence-electron chi connectivity index (χ1n) is 5.98. The van der Waals surface area contributed by atoms with Gasteiger partial charge < -0.3 is 0 Å². The van der Waals surface area contributed by atoms with Crippen LogP contribution in [-0.4, -0.2) is 16.5 Å². The molecular weight excluding hydrogens is 146 g/mol. The number of hydrogen-bond donors (Lipinski definition) is 0. The number of rotatable bonds is 0. The Kier molecular flexibility index (Phi) is 0.738. The first kappa shape index (κ1) is 3.53. The quantitative estimate of drug-likeness (QED) is 0.592. The summed E-state index contributed by atoms with van der Waals surface area (Å²) in [5, 5.41) is 0. The standard InChI is InChI=1S/C7H5NOS.4H2/c9-6-4-10-7-3-8-2-1-5(6)7;;;;/h1-3H,4H2;4*1H/i;3*1+1D;1+1. The number of carbonyl (C=O) groups is 1. The molecule has 0 spiro atoms. The lowest BCUT2D eigenvalue weighted by Crippen LogP contribution is -1.93. The summed E-state index contributed by atoms with van der Waals surface area (Å²) in [5.74, 6) is 0.809. The highest BCUT2D eigenvalue weighted by Gasteiger charge is 2.18. The van der Waals surface area contributed by atoms with E-state index in [1.165, 1.54) is 0 Å². The van der Waals surface area contributed by atoms with Gasteiger partial charge in [0.1, 0.15) is 0 Å². The van der Waals surface area contributed by atoms with E-state index in [9.17, 15) is 4.79 Å². The molecule has 58 valence electrons. The van der Waals surface area contributed by atoms with E-state index in [2.05, 4.69) is 4.98 Å². The minimum atomic E-state index is 0. The van der Waals surface area contributed by atoms with Gasteiger partial charge in [-0.05, 0) is 6.07 Å². The van der Waals surface area contributed by atoms with Gasteiger partial charge in [0.05, 0.1) is 5.75 Å². The van der Waals surface area contributed by atoms with Gasteiger partial charge in [0.2, 0.25) is 0 Å². The fraction of sp³-hybridized carbons (Fsp3) is 0.143. The number of ketones is 1. The first-order chi connectivity index (χ1) is 7.88. The average molecular weight is 166 g/mol. The van der Waals surface area contributed by atoms with Crippen LogP contribution in [0.4, 0.5) is 0 Å². The van der Waals surface area contributed by atoms with Crippen molar-refractivity contribution >= 4 is 17.5 Å². The van der Waals surface area contributed by atoms with Gasteiger partial charge in [-0.2, -0.15) is 0 Å². The molecule has 3 heteroatoms. The molecule has 10 heavy (non-hydrogen) atoms. The van der Waals surface area contributed by atoms with Gasteiger partial charge in [0.15, 0.2) is 5.78 Å². The second kappa shape index (κ2) is 2.09. The summed E-state index contributed by atoms with van der Waals surface area (Å²) in [4.78, 5) is 16.0. The van der Waals surface area contributed by atoms with Crippen LogP contribution in [0.3, 0.4) is 0 Å². The number of pyridine rings is 1. The zero-order valence-electron chi connectivity index (χ0n) is 11.2. The highest BCUT2D eigenvalue weighted by molar-refractivity contribution is 8.00. The Labute approximate surface area is 73.4 Å². The molecule has 0 unspecified atom stereocenters. The van der Waals surface area contributed by atoms with E-state index < -0.39 is 0 Å². The molecule has 1 aromatic heterocycles. The molecule has 0 fully saturated rings. The number of nitrogens with zero attached hydrogens (tertiary/aromatic N) is 1. The Morgan fingerprint density at radius 3 is 3.50 bits per heavy atom. The van der Waals surface area contributed by atoms with Crippen molar-refractivity contribution in [3.8, 4) is 0 Å². The van der Waals surface area contributed by atoms with Crippen molar-refractivity contribution in [2.24, 2.45) is 0 Å². The monoisotopic (exact) mass is 166 g/mol. The Morgan fingerprint density at radius 1 is 1.80 bits per heavy atom. The third-order valence-electron chi connectivity index (χ3n) is 1.44. The Hall–Kier alpha value is -0.830. The molecule has 1 aromatic rings. The summed E-state index contributed by atoms with van der Waals surface area (Å²) in [7, 11) is 0. The van der Waals surface area contributed by atoms with Crippen molar-refractivity contribution in [2.75, 3.05) is 5.75 Å². The van der Waals surface area contributed by atoms with Gasteiger partial charge in [-0.25, -0.2) is 0 Å². The van der Waals surface area contributed by atoms with Crippen LogP contribution in [0.5, 0.6) is 0 Å². The van der Waals surface area contributed by atoms with Crippen molar-refractivity contribution in [3.63, 3.8) is 0 Å². The van der Waals surface area contributed by atoms with Gasteiger partial charge in [-0.15, -0.1) is 11.8 Å². The molecule has 0 amide bonds. The summed E-state index contributed by atoms with van der Waals surface area (Å²) in [6.07, 6.45) is 3.40. The van der Waals surface area contributed by atoms with E-state index in [0.717, 1.165) is 10.5 Å². The smallest absolute Gasteiger partial charge is 0.174 e. The lowest BCUT2D eigenvalue weighted by molar-refractivity contribution is 0.102. The molecule has 0 atom stereocenters.